The largest absolute Gasteiger partial charge is 0.385 e. The number of likely N-dealkylation sites (tertiary alicyclic amines) is 1. The summed E-state index contributed by atoms with van der Waals surface area (Å²) in [6.45, 7) is 12.4. The zero-order valence-electron chi connectivity index (χ0n) is 12.0. The van der Waals surface area contributed by atoms with Crippen molar-refractivity contribution in [2.24, 2.45) is 5.92 Å². The number of pyridine rings is 1. The fourth-order valence-corrected chi connectivity index (χ4v) is 2.53. The van der Waals surface area contributed by atoms with Crippen LogP contribution in [0.1, 0.15) is 32.9 Å². The molecule has 2 rings (SSSR count). The van der Waals surface area contributed by atoms with E-state index in [0.29, 0.717) is 5.54 Å². The lowest BCUT2D eigenvalue weighted by Gasteiger charge is -2.31. The van der Waals surface area contributed by atoms with E-state index in [1.165, 1.54) is 25.2 Å². The van der Waals surface area contributed by atoms with E-state index >= 15 is 0 Å². The predicted molar refractivity (Wildman–Crippen MR) is 76.9 cm³/mol. The van der Waals surface area contributed by atoms with Crippen molar-refractivity contribution in [2.75, 3.05) is 25.0 Å². The molecule has 2 heterocycles. The summed E-state index contributed by atoms with van der Waals surface area (Å²) >= 11 is 0. The molecule has 1 fully saturated rings. The van der Waals surface area contributed by atoms with Gasteiger partial charge in [-0.1, -0.05) is 0 Å². The Kier molecular flexibility index (Phi) is 3.91. The molecular weight excluding hydrogens is 222 g/mol. The second kappa shape index (κ2) is 5.27. The summed E-state index contributed by atoms with van der Waals surface area (Å²) in [5, 5.41) is 3.53. The van der Waals surface area contributed by atoms with E-state index in [9.17, 15) is 0 Å². The van der Waals surface area contributed by atoms with E-state index in [0.717, 1.165) is 18.2 Å². The second-order valence-electron chi connectivity index (χ2n) is 6.34. The summed E-state index contributed by atoms with van der Waals surface area (Å²) in [7, 11) is 0. The minimum absolute atomic E-state index is 0.308. The molecule has 1 unspecified atom stereocenters. The summed E-state index contributed by atoms with van der Waals surface area (Å²) in [4.78, 5) is 6.80. The van der Waals surface area contributed by atoms with Crippen LogP contribution in [0.2, 0.25) is 0 Å². The number of hydrogen-bond acceptors (Lipinski definition) is 3. The lowest BCUT2D eigenvalue weighted by Crippen LogP contribution is -2.39. The smallest absolute Gasteiger partial charge is 0.0393 e. The Morgan fingerprint density at radius 2 is 2.22 bits per heavy atom. The van der Waals surface area contributed by atoms with Crippen molar-refractivity contribution in [3.8, 4) is 0 Å². The average Bonchev–Trinajstić information content (AvgIpc) is 2.74. The van der Waals surface area contributed by atoms with Gasteiger partial charge in [-0.3, -0.25) is 9.88 Å². The van der Waals surface area contributed by atoms with Gasteiger partial charge in [-0.05, 0) is 58.7 Å². The van der Waals surface area contributed by atoms with Gasteiger partial charge in [-0.2, -0.15) is 0 Å². The van der Waals surface area contributed by atoms with Gasteiger partial charge >= 0.3 is 0 Å². The summed E-state index contributed by atoms with van der Waals surface area (Å²) in [5.74, 6) is 0.762. The molecule has 3 heteroatoms. The number of anilines is 1. The molecule has 1 aromatic heterocycles. The first-order valence-electron chi connectivity index (χ1n) is 6.87. The SMILES string of the molecule is Cc1cc(NCC2CCN(C(C)(C)C)C2)ccn1. The van der Waals surface area contributed by atoms with E-state index in [2.05, 4.69) is 42.0 Å². The van der Waals surface area contributed by atoms with Gasteiger partial charge in [0.25, 0.3) is 0 Å². The highest BCUT2D eigenvalue weighted by atomic mass is 15.2. The van der Waals surface area contributed by atoms with Crippen molar-refractivity contribution < 1.29 is 0 Å². The zero-order valence-corrected chi connectivity index (χ0v) is 12.0. The quantitative estimate of drug-likeness (QED) is 0.890. The van der Waals surface area contributed by atoms with Crippen LogP contribution < -0.4 is 5.32 Å². The summed E-state index contributed by atoms with van der Waals surface area (Å²) in [5.41, 5.74) is 2.57. The number of aromatic nitrogens is 1. The fraction of sp³-hybridized carbons (Fsp3) is 0.667. The van der Waals surface area contributed by atoms with Gasteiger partial charge in [-0.15, -0.1) is 0 Å². The predicted octanol–water partition coefficient (Wildman–Crippen LogP) is 2.92. The maximum Gasteiger partial charge on any atom is 0.0393 e. The van der Waals surface area contributed by atoms with E-state index in [1.54, 1.807) is 0 Å². The molecule has 1 saturated heterocycles. The van der Waals surface area contributed by atoms with Crippen LogP contribution in [0.25, 0.3) is 0 Å². The summed E-state index contributed by atoms with van der Waals surface area (Å²) in [6.07, 6.45) is 3.17. The lowest BCUT2D eigenvalue weighted by molar-refractivity contribution is 0.169. The van der Waals surface area contributed by atoms with Crippen LogP contribution in [0.4, 0.5) is 5.69 Å². The van der Waals surface area contributed by atoms with E-state index in [-0.39, 0.29) is 0 Å². The topological polar surface area (TPSA) is 28.2 Å². The highest BCUT2D eigenvalue weighted by molar-refractivity contribution is 5.42. The summed E-state index contributed by atoms with van der Waals surface area (Å²) < 4.78 is 0. The van der Waals surface area contributed by atoms with Gasteiger partial charge in [-0.25, -0.2) is 0 Å². The van der Waals surface area contributed by atoms with Crippen LogP contribution in [0.5, 0.6) is 0 Å². The molecule has 0 radical (unpaired) electrons. The van der Waals surface area contributed by atoms with Crippen molar-refractivity contribution >= 4 is 5.69 Å². The van der Waals surface area contributed by atoms with Gasteiger partial charge in [0.05, 0.1) is 0 Å². The van der Waals surface area contributed by atoms with Crippen LogP contribution in [0.15, 0.2) is 18.3 Å². The Hall–Kier alpha value is -1.09. The fourth-order valence-electron chi connectivity index (χ4n) is 2.53. The van der Waals surface area contributed by atoms with Gasteiger partial charge in [0.15, 0.2) is 0 Å². The molecule has 0 aromatic carbocycles. The molecule has 0 bridgehead atoms. The molecule has 1 aliphatic rings. The Morgan fingerprint density at radius 3 is 2.83 bits per heavy atom. The number of rotatable bonds is 3. The lowest BCUT2D eigenvalue weighted by atomic mass is 10.1. The van der Waals surface area contributed by atoms with Crippen molar-refractivity contribution in [3.63, 3.8) is 0 Å². The van der Waals surface area contributed by atoms with Gasteiger partial charge in [0.2, 0.25) is 0 Å². The van der Waals surface area contributed by atoms with E-state index in [1.807, 2.05) is 19.2 Å². The second-order valence-corrected chi connectivity index (χ2v) is 6.34. The maximum atomic E-state index is 4.22. The molecule has 1 aliphatic heterocycles. The van der Waals surface area contributed by atoms with Crippen LogP contribution in [-0.2, 0) is 0 Å². The van der Waals surface area contributed by atoms with Crippen LogP contribution in [0, 0.1) is 12.8 Å². The molecule has 0 spiro atoms. The zero-order chi connectivity index (χ0) is 13.2. The summed E-state index contributed by atoms with van der Waals surface area (Å²) in [6, 6.07) is 4.15. The first kappa shape index (κ1) is 13.3. The van der Waals surface area contributed by atoms with E-state index in [4.69, 9.17) is 0 Å². The Bertz CT molecular complexity index is 395. The molecule has 0 amide bonds. The van der Waals surface area contributed by atoms with Crippen molar-refractivity contribution in [2.45, 2.75) is 39.7 Å². The molecule has 1 atom stereocenters. The molecule has 0 saturated carbocycles. The third kappa shape index (κ3) is 3.45. The molecule has 3 nitrogen and oxygen atoms in total. The third-order valence-electron chi connectivity index (χ3n) is 3.73. The Morgan fingerprint density at radius 1 is 1.44 bits per heavy atom. The minimum atomic E-state index is 0.308. The monoisotopic (exact) mass is 247 g/mol. The first-order valence-corrected chi connectivity index (χ1v) is 6.87. The molecule has 1 N–H and O–H groups in total. The first-order chi connectivity index (χ1) is 8.45. The number of aryl methyl sites for hydroxylation is 1. The Balaban J connectivity index is 1.82. The van der Waals surface area contributed by atoms with Gasteiger partial charge < -0.3 is 5.32 Å². The van der Waals surface area contributed by atoms with Gasteiger partial charge in [0, 0.05) is 36.2 Å². The number of nitrogens with one attached hydrogen (secondary N) is 1. The van der Waals surface area contributed by atoms with Gasteiger partial charge in [0.1, 0.15) is 0 Å². The third-order valence-corrected chi connectivity index (χ3v) is 3.73. The minimum Gasteiger partial charge on any atom is -0.385 e. The number of hydrogen-bond donors (Lipinski definition) is 1. The Labute approximate surface area is 111 Å². The number of nitrogens with zero attached hydrogens (tertiary/aromatic N) is 2. The molecule has 100 valence electrons. The van der Waals surface area contributed by atoms with Crippen molar-refractivity contribution in [1.82, 2.24) is 9.88 Å². The molecule has 1 aromatic rings. The molecular formula is C15H25N3. The molecule has 18 heavy (non-hydrogen) atoms. The van der Waals surface area contributed by atoms with Crippen LogP contribution in [0.3, 0.4) is 0 Å². The highest BCUT2D eigenvalue weighted by Gasteiger charge is 2.29. The van der Waals surface area contributed by atoms with E-state index < -0.39 is 0 Å². The van der Waals surface area contributed by atoms with Crippen molar-refractivity contribution in [3.05, 3.63) is 24.0 Å². The highest BCUT2D eigenvalue weighted by Crippen LogP contribution is 2.24. The van der Waals surface area contributed by atoms with Crippen molar-refractivity contribution in [1.29, 1.82) is 0 Å². The standard InChI is InChI=1S/C15H25N3/c1-12-9-14(5-7-16-12)17-10-13-6-8-18(11-13)15(2,3)4/h5,7,9,13H,6,8,10-11H2,1-4H3,(H,16,17). The van der Waals surface area contributed by atoms with Crippen LogP contribution in [-0.4, -0.2) is 35.1 Å². The normalized spacial score (nSPS) is 21.2. The molecule has 0 aliphatic carbocycles. The average molecular weight is 247 g/mol. The van der Waals surface area contributed by atoms with Crippen LogP contribution >= 0.6 is 0 Å². The maximum absolute atomic E-state index is 4.22.